The Morgan fingerprint density at radius 3 is 2.13 bits per heavy atom. The molecule has 4 heteroatoms. The molecule has 2 rings (SSSR count). The van der Waals surface area contributed by atoms with Crippen LogP contribution in [-0.4, -0.2) is 13.7 Å². The fraction of sp³-hybridized carbons (Fsp3) is 0.368. The minimum atomic E-state index is -0.451. The molecule has 0 unspecified atom stereocenters. The van der Waals surface area contributed by atoms with Crippen molar-refractivity contribution in [3.8, 4) is 23.0 Å². The van der Waals surface area contributed by atoms with Gasteiger partial charge in [0, 0.05) is 6.07 Å². The molecule has 0 aliphatic carbocycles. The molecule has 2 aromatic rings. The number of ether oxygens (including phenoxy) is 3. The number of benzene rings is 2. The van der Waals surface area contributed by atoms with Gasteiger partial charge < -0.3 is 14.2 Å². The molecule has 0 amide bonds. The van der Waals surface area contributed by atoms with Gasteiger partial charge in [-0.3, -0.25) is 0 Å². The van der Waals surface area contributed by atoms with E-state index in [1.54, 1.807) is 43.5 Å². The zero-order chi connectivity index (χ0) is 16.9. The highest BCUT2D eigenvalue weighted by Crippen LogP contribution is 2.29. The van der Waals surface area contributed by atoms with Gasteiger partial charge in [0.1, 0.15) is 17.2 Å². The van der Waals surface area contributed by atoms with E-state index in [0.29, 0.717) is 18.1 Å². The van der Waals surface area contributed by atoms with Crippen molar-refractivity contribution in [2.24, 2.45) is 5.41 Å². The summed E-state index contributed by atoms with van der Waals surface area (Å²) in [4.78, 5) is 0. The van der Waals surface area contributed by atoms with Gasteiger partial charge in [-0.1, -0.05) is 20.8 Å². The number of halogens is 1. The first-order chi connectivity index (χ1) is 10.9. The molecular weight excluding hydrogens is 295 g/mol. The van der Waals surface area contributed by atoms with Crippen LogP contribution in [0.25, 0.3) is 0 Å². The Morgan fingerprint density at radius 2 is 1.57 bits per heavy atom. The maximum Gasteiger partial charge on any atom is 0.169 e. The number of hydrogen-bond donors (Lipinski definition) is 0. The molecule has 124 valence electrons. The van der Waals surface area contributed by atoms with E-state index in [1.165, 1.54) is 6.07 Å². The zero-order valence-electron chi connectivity index (χ0n) is 14.1. The topological polar surface area (TPSA) is 27.7 Å². The summed E-state index contributed by atoms with van der Waals surface area (Å²) in [5.41, 5.74) is 0.0642. The predicted molar refractivity (Wildman–Crippen MR) is 89.0 cm³/mol. The van der Waals surface area contributed by atoms with Crippen molar-refractivity contribution < 1.29 is 18.6 Å². The van der Waals surface area contributed by atoms with Gasteiger partial charge >= 0.3 is 0 Å². The number of methoxy groups -OCH3 is 1. The minimum Gasteiger partial charge on any atom is -0.497 e. The highest BCUT2D eigenvalue weighted by atomic mass is 19.1. The Kier molecular flexibility index (Phi) is 5.48. The van der Waals surface area contributed by atoms with Crippen LogP contribution in [-0.2, 0) is 0 Å². The van der Waals surface area contributed by atoms with Gasteiger partial charge in [0.15, 0.2) is 11.6 Å². The van der Waals surface area contributed by atoms with Gasteiger partial charge in [0.05, 0.1) is 13.7 Å². The second-order valence-electron chi connectivity index (χ2n) is 6.18. The molecule has 0 aliphatic rings. The normalized spacial score (nSPS) is 11.2. The lowest BCUT2D eigenvalue weighted by atomic mass is 9.92. The van der Waals surface area contributed by atoms with Gasteiger partial charge in [-0.05, 0) is 48.2 Å². The third-order valence-corrected chi connectivity index (χ3v) is 3.78. The first kappa shape index (κ1) is 17.1. The quantitative estimate of drug-likeness (QED) is 0.680. The number of rotatable bonds is 7. The Labute approximate surface area is 137 Å². The van der Waals surface area contributed by atoms with E-state index in [0.717, 1.165) is 12.2 Å². The lowest BCUT2D eigenvalue weighted by molar-refractivity contribution is 0.175. The molecule has 0 radical (unpaired) electrons. The molecule has 0 spiro atoms. The lowest BCUT2D eigenvalue weighted by Gasteiger charge is -2.22. The van der Waals surface area contributed by atoms with E-state index in [2.05, 4.69) is 20.8 Å². The van der Waals surface area contributed by atoms with E-state index in [9.17, 15) is 4.39 Å². The third-order valence-electron chi connectivity index (χ3n) is 3.78. The zero-order valence-corrected chi connectivity index (χ0v) is 14.1. The molecule has 0 bridgehead atoms. The molecule has 0 saturated heterocycles. The molecule has 0 atom stereocenters. The van der Waals surface area contributed by atoms with Gasteiger partial charge in [0.2, 0.25) is 0 Å². The van der Waals surface area contributed by atoms with E-state index in [1.807, 2.05) is 0 Å². The van der Waals surface area contributed by atoms with Crippen molar-refractivity contribution in [2.45, 2.75) is 27.2 Å². The van der Waals surface area contributed by atoms with Crippen molar-refractivity contribution in [3.05, 3.63) is 48.3 Å². The molecule has 0 saturated carbocycles. The monoisotopic (exact) mass is 318 g/mol. The summed E-state index contributed by atoms with van der Waals surface area (Å²) in [6.45, 7) is 6.88. The average molecular weight is 318 g/mol. The smallest absolute Gasteiger partial charge is 0.169 e. The van der Waals surface area contributed by atoms with Crippen molar-refractivity contribution in [2.75, 3.05) is 13.7 Å². The van der Waals surface area contributed by atoms with Gasteiger partial charge in [-0.25, -0.2) is 4.39 Å². The maximum atomic E-state index is 14.2. The summed E-state index contributed by atoms with van der Waals surface area (Å²) in [6, 6.07) is 11.6. The lowest BCUT2D eigenvalue weighted by Crippen LogP contribution is -2.20. The molecule has 0 aliphatic heterocycles. The summed E-state index contributed by atoms with van der Waals surface area (Å²) in [7, 11) is 1.59. The average Bonchev–Trinajstić information content (AvgIpc) is 2.56. The summed E-state index contributed by atoms with van der Waals surface area (Å²) in [5.74, 6) is 1.49. The molecule has 23 heavy (non-hydrogen) atoms. The van der Waals surface area contributed by atoms with E-state index < -0.39 is 5.82 Å². The van der Waals surface area contributed by atoms with Crippen molar-refractivity contribution >= 4 is 0 Å². The van der Waals surface area contributed by atoms with Crippen LogP contribution in [0.3, 0.4) is 0 Å². The Morgan fingerprint density at radius 1 is 0.957 bits per heavy atom. The van der Waals surface area contributed by atoms with Gasteiger partial charge in [-0.2, -0.15) is 0 Å². The largest absolute Gasteiger partial charge is 0.497 e. The van der Waals surface area contributed by atoms with E-state index >= 15 is 0 Å². The SMILES string of the molecule is CCC(C)(C)COc1ccc(Oc2ccc(OC)cc2)c(F)c1. The van der Waals surface area contributed by atoms with Crippen LogP contribution in [0.1, 0.15) is 27.2 Å². The van der Waals surface area contributed by atoms with Gasteiger partial charge in [-0.15, -0.1) is 0 Å². The van der Waals surface area contributed by atoms with Crippen LogP contribution >= 0.6 is 0 Å². The number of hydrogen-bond acceptors (Lipinski definition) is 3. The molecule has 3 nitrogen and oxygen atoms in total. The first-order valence-electron chi connectivity index (χ1n) is 7.68. The van der Waals surface area contributed by atoms with Crippen LogP contribution in [0, 0.1) is 11.2 Å². The minimum absolute atomic E-state index is 0.0642. The van der Waals surface area contributed by atoms with Gasteiger partial charge in [0.25, 0.3) is 0 Å². The third kappa shape index (κ3) is 4.88. The standard InChI is InChI=1S/C19H23FO3/c1-5-19(2,3)13-22-16-10-11-18(17(20)12-16)23-15-8-6-14(21-4)7-9-15/h6-12H,5,13H2,1-4H3. The highest BCUT2D eigenvalue weighted by Gasteiger charge is 2.16. The van der Waals surface area contributed by atoms with Crippen molar-refractivity contribution in [1.29, 1.82) is 0 Å². The van der Waals surface area contributed by atoms with Crippen LogP contribution in [0.15, 0.2) is 42.5 Å². The van der Waals surface area contributed by atoms with Crippen LogP contribution < -0.4 is 14.2 Å². The fourth-order valence-corrected chi connectivity index (χ4v) is 1.81. The van der Waals surface area contributed by atoms with Crippen LogP contribution in [0.5, 0.6) is 23.0 Å². The Hall–Kier alpha value is -2.23. The second kappa shape index (κ2) is 7.36. The fourth-order valence-electron chi connectivity index (χ4n) is 1.81. The van der Waals surface area contributed by atoms with Crippen LogP contribution in [0.4, 0.5) is 4.39 Å². The summed E-state index contributed by atoms with van der Waals surface area (Å²) in [6.07, 6.45) is 0.994. The van der Waals surface area contributed by atoms with Crippen LogP contribution in [0.2, 0.25) is 0 Å². The van der Waals surface area contributed by atoms with Crippen molar-refractivity contribution in [3.63, 3.8) is 0 Å². The summed E-state index contributed by atoms with van der Waals surface area (Å²) >= 11 is 0. The molecule has 2 aromatic carbocycles. The summed E-state index contributed by atoms with van der Waals surface area (Å²) in [5, 5.41) is 0. The highest BCUT2D eigenvalue weighted by molar-refractivity contribution is 5.38. The summed E-state index contributed by atoms with van der Waals surface area (Å²) < 4.78 is 30.4. The molecular formula is C19H23FO3. The Balaban J connectivity index is 2.03. The van der Waals surface area contributed by atoms with E-state index in [4.69, 9.17) is 14.2 Å². The first-order valence-corrected chi connectivity index (χ1v) is 7.68. The molecule has 0 aromatic heterocycles. The molecule has 0 heterocycles. The van der Waals surface area contributed by atoms with E-state index in [-0.39, 0.29) is 11.2 Å². The maximum absolute atomic E-state index is 14.2. The second-order valence-corrected chi connectivity index (χ2v) is 6.18. The predicted octanol–water partition coefficient (Wildman–Crippen LogP) is 5.44. The van der Waals surface area contributed by atoms with Crippen molar-refractivity contribution in [1.82, 2.24) is 0 Å². The molecule has 0 N–H and O–H groups in total. The molecule has 0 fully saturated rings. The Bertz CT molecular complexity index is 636.